The maximum atomic E-state index is 7.19. The van der Waals surface area contributed by atoms with Gasteiger partial charge < -0.3 is 17.4 Å². The van der Waals surface area contributed by atoms with Crippen LogP contribution in [0.2, 0.25) is 39.3 Å². The third kappa shape index (κ3) is 3.60. The van der Waals surface area contributed by atoms with Crippen LogP contribution in [0, 0.1) is 0 Å². The molecule has 1 aliphatic heterocycles. The highest BCUT2D eigenvalue weighted by Crippen LogP contribution is 2.33. The van der Waals surface area contributed by atoms with Crippen molar-refractivity contribution in [1.82, 2.24) is 0 Å². The van der Waals surface area contributed by atoms with Crippen molar-refractivity contribution in [3.05, 3.63) is 78.4 Å². The first-order chi connectivity index (χ1) is 18.0. The van der Waals surface area contributed by atoms with E-state index in [4.69, 9.17) is 17.4 Å². The lowest BCUT2D eigenvalue weighted by molar-refractivity contribution is 0.304. The summed E-state index contributed by atoms with van der Waals surface area (Å²) in [6.07, 6.45) is 0. The second-order valence-corrected chi connectivity index (χ2v) is 23.9. The molecule has 3 heterocycles. The number of furan rings is 2. The topological polar surface area (TPSA) is 44.7 Å². The summed E-state index contributed by atoms with van der Waals surface area (Å²) in [5.41, 5.74) is 4.75. The lowest BCUT2D eigenvalue weighted by Crippen LogP contribution is -2.57. The Morgan fingerprint density at radius 3 is 1.74 bits per heavy atom. The number of hydrogen-bond donors (Lipinski definition) is 0. The number of para-hydroxylation sites is 2. The van der Waals surface area contributed by atoms with E-state index < -0.39 is 25.0 Å². The van der Waals surface area contributed by atoms with Crippen molar-refractivity contribution in [2.75, 3.05) is 0 Å². The minimum absolute atomic E-state index is 0.493. The van der Waals surface area contributed by atoms with Crippen LogP contribution in [0.1, 0.15) is 5.56 Å². The molecule has 0 unspecified atom stereocenters. The molecular formula is C31H32O4Si3. The standard InChI is InChI=1S/C31H32O4Si3/c1-36(2)21-13-15-27-25(17-21)23-10-7-9-20(30(23)33-27)19-32-38(5,6)29-12-8-11-24-26-18-22(37(3,4)35-36)14-16-28(26)34-31(24)29/h7-18H,19H2,1-6H3. The lowest BCUT2D eigenvalue weighted by Gasteiger charge is -2.34. The molecule has 0 atom stereocenters. The molecule has 0 aliphatic carbocycles. The molecule has 0 radical (unpaired) electrons. The van der Waals surface area contributed by atoms with Gasteiger partial charge in [0.2, 0.25) is 25.0 Å². The maximum absolute atomic E-state index is 7.19. The largest absolute Gasteiger partial charge is 0.456 e. The molecule has 2 aromatic heterocycles. The Hall–Kier alpha value is -2.95. The zero-order valence-corrected chi connectivity index (χ0v) is 25.8. The maximum Gasteiger partial charge on any atom is 0.222 e. The van der Waals surface area contributed by atoms with Crippen LogP contribution in [-0.2, 0) is 15.1 Å². The van der Waals surface area contributed by atoms with E-state index >= 15 is 0 Å². The molecule has 4 nitrogen and oxygen atoms in total. The zero-order chi connectivity index (χ0) is 26.4. The van der Waals surface area contributed by atoms with Crippen LogP contribution >= 0.6 is 0 Å². The molecule has 10 bridgehead atoms. The van der Waals surface area contributed by atoms with Crippen molar-refractivity contribution < 1.29 is 17.4 Å². The SMILES string of the molecule is C[Si]1(C)O[Si](C)(C)c2ccc3oc4c(cccc4c3c2)[Si](C)(C)OCc2cccc3c2oc2ccc1cc23. The molecule has 6 aromatic rings. The normalized spacial score (nSPS) is 18.6. The second-order valence-electron chi connectivity index (χ2n) is 12.0. The summed E-state index contributed by atoms with van der Waals surface area (Å²) >= 11 is 0. The van der Waals surface area contributed by atoms with Gasteiger partial charge in [-0.1, -0.05) is 48.5 Å². The third-order valence-corrected chi connectivity index (χ3v) is 18.3. The van der Waals surface area contributed by atoms with Crippen molar-refractivity contribution in [2.45, 2.75) is 45.9 Å². The number of benzene rings is 4. The predicted molar refractivity (Wildman–Crippen MR) is 165 cm³/mol. The quantitative estimate of drug-likeness (QED) is 0.191. The molecule has 0 amide bonds. The fourth-order valence-corrected chi connectivity index (χ4v) is 16.0. The summed E-state index contributed by atoms with van der Waals surface area (Å²) in [7, 11) is -6.82. The van der Waals surface area contributed by atoms with Gasteiger partial charge in [-0.2, -0.15) is 0 Å². The number of rotatable bonds is 0. The highest BCUT2D eigenvalue weighted by atomic mass is 28.4. The van der Waals surface area contributed by atoms with Gasteiger partial charge in [-0.3, -0.25) is 0 Å². The van der Waals surface area contributed by atoms with Crippen molar-refractivity contribution >= 4 is 84.4 Å². The second kappa shape index (κ2) is 8.03. The van der Waals surface area contributed by atoms with Crippen molar-refractivity contribution in [3.63, 3.8) is 0 Å². The molecular weight excluding hydrogens is 521 g/mol. The fourth-order valence-electron chi connectivity index (χ4n) is 6.08. The molecule has 0 N–H and O–H groups in total. The average molecular weight is 553 g/mol. The van der Waals surface area contributed by atoms with Gasteiger partial charge in [0.25, 0.3) is 0 Å². The van der Waals surface area contributed by atoms with Gasteiger partial charge in [0, 0.05) is 32.3 Å². The summed E-state index contributed by atoms with van der Waals surface area (Å²) in [4.78, 5) is 0. The molecule has 192 valence electrons. The Labute approximate surface area is 225 Å². The van der Waals surface area contributed by atoms with Crippen LogP contribution < -0.4 is 15.6 Å². The van der Waals surface area contributed by atoms with Crippen LogP contribution in [-0.4, -0.2) is 25.0 Å². The monoisotopic (exact) mass is 552 g/mol. The summed E-state index contributed by atoms with van der Waals surface area (Å²) in [6.45, 7) is 14.3. The van der Waals surface area contributed by atoms with Crippen molar-refractivity contribution in [1.29, 1.82) is 0 Å². The number of hydrogen-bond acceptors (Lipinski definition) is 4. The van der Waals surface area contributed by atoms with E-state index in [0.717, 1.165) is 49.4 Å². The van der Waals surface area contributed by atoms with E-state index in [1.54, 1.807) is 0 Å². The van der Waals surface area contributed by atoms with Crippen LogP contribution in [0.4, 0.5) is 0 Å². The minimum atomic E-state index is -2.33. The van der Waals surface area contributed by atoms with Gasteiger partial charge in [0.15, 0.2) is 0 Å². The summed E-state index contributed by atoms with van der Waals surface area (Å²) in [6, 6.07) is 26.2. The molecule has 0 saturated heterocycles. The van der Waals surface area contributed by atoms with Gasteiger partial charge in [-0.05, 0) is 73.9 Å². The van der Waals surface area contributed by atoms with E-state index in [1.165, 1.54) is 15.6 Å². The first kappa shape index (κ1) is 24.1. The lowest BCUT2D eigenvalue weighted by atomic mass is 10.1. The Morgan fingerprint density at radius 2 is 1.11 bits per heavy atom. The third-order valence-electron chi connectivity index (χ3n) is 8.21. The fraction of sp³-hybridized carbons (Fsp3) is 0.226. The molecule has 1 aliphatic rings. The van der Waals surface area contributed by atoms with Crippen LogP contribution in [0.25, 0.3) is 43.9 Å². The highest BCUT2D eigenvalue weighted by Gasteiger charge is 2.37. The van der Waals surface area contributed by atoms with Gasteiger partial charge in [-0.15, -0.1) is 0 Å². The highest BCUT2D eigenvalue weighted by molar-refractivity contribution is 6.97. The molecule has 7 heteroatoms. The van der Waals surface area contributed by atoms with E-state index in [1.807, 2.05) is 0 Å². The Morgan fingerprint density at radius 1 is 0.553 bits per heavy atom. The van der Waals surface area contributed by atoms with E-state index in [9.17, 15) is 0 Å². The molecule has 38 heavy (non-hydrogen) atoms. The van der Waals surface area contributed by atoms with E-state index in [0.29, 0.717) is 6.61 Å². The van der Waals surface area contributed by atoms with Crippen molar-refractivity contribution in [2.24, 2.45) is 0 Å². The van der Waals surface area contributed by atoms with Crippen molar-refractivity contribution in [3.8, 4) is 0 Å². The van der Waals surface area contributed by atoms with Gasteiger partial charge in [-0.25, -0.2) is 0 Å². The Kier molecular flexibility index (Phi) is 5.10. The van der Waals surface area contributed by atoms with Gasteiger partial charge in [0.1, 0.15) is 22.3 Å². The Balaban J connectivity index is 1.51. The summed E-state index contributed by atoms with van der Waals surface area (Å²) in [5, 5.41) is 8.33. The smallest absolute Gasteiger partial charge is 0.222 e. The summed E-state index contributed by atoms with van der Waals surface area (Å²) in [5.74, 6) is 0. The molecule has 7 rings (SSSR count). The molecule has 4 aromatic carbocycles. The molecule has 0 spiro atoms. The van der Waals surface area contributed by atoms with E-state index in [2.05, 4.69) is 112 Å². The van der Waals surface area contributed by atoms with Crippen LogP contribution in [0.15, 0.2) is 81.6 Å². The minimum Gasteiger partial charge on any atom is -0.456 e. The Bertz CT molecular complexity index is 1890. The first-order valence-corrected chi connectivity index (χ1v) is 22.0. The first-order valence-electron chi connectivity index (χ1n) is 13.3. The van der Waals surface area contributed by atoms with Gasteiger partial charge in [0.05, 0.1) is 6.61 Å². The van der Waals surface area contributed by atoms with Gasteiger partial charge >= 0.3 is 0 Å². The number of fused-ring (bicyclic) bond motifs is 2. The summed E-state index contributed by atoms with van der Waals surface area (Å²) < 4.78 is 26.9. The average Bonchev–Trinajstić information content (AvgIpc) is 3.44. The molecule has 0 saturated carbocycles. The predicted octanol–water partition coefficient (Wildman–Crippen LogP) is 6.97. The van der Waals surface area contributed by atoms with E-state index in [-0.39, 0.29) is 0 Å². The molecule has 0 fully saturated rings. The van der Waals surface area contributed by atoms with Crippen LogP contribution in [0.3, 0.4) is 0 Å². The van der Waals surface area contributed by atoms with Crippen LogP contribution in [0.5, 0.6) is 0 Å². The zero-order valence-electron chi connectivity index (χ0n) is 22.8.